The molecule has 1 unspecified atom stereocenters. The Balaban J connectivity index is 1.94. The number of benzene rings is 3. The zero-order chi connectivity index (χ0) is 24.6. The lowest BCUT2D eigenvalue weighted by Crippen LogP contribution is -2.29. The first-order valence-corrected chi connectivity index (χ1v) is 10.8. The highest BCUT2D eigenvalue weighted by Gasteiger charge is 2.47. The van der Waals surface area contributed by atoms with Gasteiger partial charge in [-0.05, 0) is 54.1 Å². The summed E-state index contributed by atoms with van der Waals surface area (Å²) in [5.74, 6) is -1.95. The average molecular weight is 502 g/mol. The van der Waals surface area contributed by atoms with Gasteiger partial charge in [0.15, 0.2) is 0 Å². The van der Waals surface area contributed by atoms with Crippen LogP contribution in [0.15, 0.2) is 66.2 Å². The number of rotatable bonds is 5. The fourth-order valence-corrected chi connectivity index (χ4v) is 4.24. The number of Topliss-reactive ketones (excluding diaryl/α,β-unsaturated/α-hetero) is 1. The normalized spacial score (nSPS) is 17.2. The number of amides is 1. The molecule has 0 spiro atoms. The Morgan fingerprint density at radius 3 is 2.24 bits per heavy atom. The predicted octanol–water partition coefficient (Wildman–Crippen LogP) is 5.78. The molecule has 34 heavy (non-hydrogen) atoms. The minimum atomic E-state index is -1.02. The lowest BCUT2D eigenvalue weighted by Gasteiger charge is -2.25. The van der Waals surface area contributed by atoms with Gasteiger partial charge in [-0.2, -0.15) is 0 Å². The minimum Gasteiger partial charge on any atom is -0.507 e. The number of anilines is 1. The van der Waals surface area contributed by atoms with Crippen LogP contribution in [0.1, 0.15) is 17.2 Å². The maximum Gasteiger partial charge on any atom is 0.300 e. The quantitative estimate of drug-likeness (QED) is 0.272. The molecule has 1 N–H and O–H groups in total. The van der Waals surface area contributed by atoms with Crippen molar-refractivity contribution < 1.29 is 28.6 Å². The molecule has 9 heteroatoms. The van der Waals surface area contributed by atoms with Crippen LogP contribution in [0.5, 0.6) is 11.5 Å². The Kier molecular flexibility index (Phi) is 6.50. The number of halogens is 3. The maximum absolute atomic E-state index is 13.8. The van der Waals surface area contributed by atoms with E-state index in [4.69, 9.17) is 32.7 Å². The Bertz CT molecular complexity index is 1320. The molecule has 1 aliphatic heterocycles. The molecule has 1 saturated heterocycles. The zero-order valence-corrected chi connectivity index (χ0v) is 19.5. The monoisotopic (exact) mass is 501 g/mol. The van der Waals surface area contributed by atoms with E-state index in [0.29, 0.717) is 17.1 Å². The number of methoxy groups -OCH3 is 2. The summed E-state index contributed by atoms with van der Waals surface area (Å²) >= 11 is 12.2. The number of hydrogen-bond acceptors (Lipinski definition) is 5. The van der Waals surface area contributed by atoms with Crippen molar-refractivity contribution in [3.05, 3.63) is 93.2 Å². The standard InChI is InChI=1S/C25H18Cl2FNO5/c1-33-16-7-3-13(4-8-16)22-21(23(30)14-5-10-20(34-2)18(27)11-14)24(31)25(32)29(22)15-6-9-19(28)17(26)12-15/h3-12,22,30H,1-2H3/b23-21+. The average Bonchev–Trinajstić information content (AvgIpc) is 3.10. The molecule has 174 valence electrons. The van der Waals surface area contributed by atoms with Crippen LogP contribution in [0, 0.1) is 5.82 Å². The number of aliphatic hydroxyl groups is 1. The topological polar surface area (TPSA) is 76.1 Å². The van der Waals surface area contributed by atoms with Crippen molar-refractivity contribution in [3.63, 3.8) is 0 Å². The van der Waals surface area contributed by atoms with E-state index in [2.05, 4.69) is 0 Å². The first kappa shape index (κ1) is 23.6. The van der Waals surface area contributed by atoms with Gasteiger partial charge in [0.25, 0.3) is 11.7 Å². The molecular formula is C25H18Cl2FNO5. The Labute approximate surface area is 204 Å². The van der Waals surface area contributed by atoms with Crippen LogP contribution < -0.4 is 14.4 Å². The molecule has 1 heterocycles. The van der Waals surface area contributed by atoms with Crippen LogP contribution >= 0.6 is 23.2 Å². The van der Waals surface area contributed by atoms with E-state index >= 15 is 0 Å². The summed E-state index contributed by atoms with van der Waals surface area (Å²) in [6.45, 7) is 0. The maximum atomic E-state index is 13.8. The van der Waals surface area contributed by atoms with Gasteiger partial charge in [0.05, 0.1) is 35.9 Å². The Hall–Kier alpha value is -3.55. The summed E-state index contributed by atoms with van der Waals surface area (Å²) < 4.78 is 24.1. The molecular weight excluding hydrogens is 484 g/mol. The number of ketones is 1. The van der Waals surface area contributed by atoms with Crippen LogP contribution in [0.3, 0.4) is 0 Å². The number of ether oxygens (including phenoxy) is 2. The second kappa shape index (κ2) is 9.37. The van der Waals surface area contributed by atoms with E-state index in [-0.39, 0.29) is 26.9 Å². The molecule has 1 atom stereocenters. The molecule has 0 bridgehead atoms. The largest absolute Gasteiger partial charge is 0.507 e. The van der Waals surface area contributed by atoms with Crippen molar-refractivity contribution in [2.75, 3.05) is 19.1 Å². The van der Waals surface area contributed by atoms with Crippen molar-refractivity contribution in [2.45, 2.75) is 6.04 Å². The van der Waals surface area contributed by atoms with Gasteiger partial charge in [-0.1, -0.05) is 35.3 Å². The molecule has 0 aromatic heterocycles. The summed E-state index contributed by atoms with van der Waals surface area (Å²) in [5.41, 5.74) is 0.777. The van der Waals surface area contributed by atoms with Gasteiger partial charge in [-0.15, -0.1) is 0 Å². The third-order valence-corrected chi connectivity index (χ3v) is 6.07. The van der Waals surface area contributed by atoms with Gasteiger partial charge in [0.2, 0.25) is 0 Å². The fourth-order valence-electron chi connectivity index (χ4n) is 3.80. The highest BCUT2D eigenvalue weighted by molar-refractivity contribution is 6.52. The van der Waals surface area contributed by atoms with Gasteiger partial charge in [0, 0.05) is 11.3 Å². The fraction of sp³-hybridized carbons (Fsp3) is 0.120. The summed E-state index contributed by atoms with van der Waals surface area (Å²) in [6.07, 6.45) is 0. The van der Waals surface area contributed by atoms with Crippen LogP contribution in [0.4, 0.5) is 10.1 Å². The Morgan fingerprint density at radius 1 is 0.941 bits per heavy atom. The number of carbonyl (C=O) groups is 2. The van der Waals surface area contributed by atoms with E-state index in [1.54, 1.807) is 24.3 Å². The first-order valence-electron chi connectivity index (χ1n) is 10.0. The second-order valence-corrected chi connectivity index (χ2v) is 8.20. The van der Waals surface area contributed by atoms with Gasteiger partial charge >= 0.3 is 0 Å². The van der Waals surface area contributed by atoms with E-state index in [0.717, 1.165) is 6.07 Å². The molecule has 3 aromatic carbocycles. The number of hydrogen-bond donors (Lipinski definition) is 1. The summed E-state index contributed by atoms with van der Waals surface area (Å²) in [7, 11) is 2.96. The molecule has 1 aliphatic rings. The highest BCUT2D eigenvalue weighted by atomic mass is 35.5. The van der Waals surface area contributed by atoms with Crippen LogP contribution in [0.2, 0.25) is 10.0 Å². The third kappa shape index (κ3) is 4.08. The van der Waals surface area contributed by atoms with Gasteiger partial charge in [-0.3, -0.25) is 14.5 Å². The van der Waals surface area contributed by atoms with Crippen molar-refractivity contribution >= 4 is 46.3 Å². The van der Waals surface area contributed by atoms with Crippen LogP contribution in [-0.4, -0.2) is 31.0 Å². The van der Waals surface area contributed by atoms with E-state index < -0.39 is 29.3 Å². The molecule has 0 radical (unpaired) electrons. The molecule has 6 nitrogen and oxygen atoms in total. The van der Waals surface area contributed by atoms with E-state index in [1.165, 1.54) is 49.5 Å². The lowest BCUT2D eigenvalue weighted by atomic mass is 9.95. The van der Waals surface area contributed by atoms with Crippen molar-refractivity contribution in [3.8, 4) is 11.5 Å². The molecule has 0 aliphatic carbocycles. The van der Waals surface area contributed by atoms with Crippen LogP contribution in [-0.2, 0) is 9.59 Å². The summed E-state index contributed by atoms with van der Waals surface area (Å²) in [6, 6.07) is 13.8. The first-order chi connectivity index (χ1) is 16.3. The van der Waals surface area contributed by atoms with Gasteiger partial charge in [0.1, 0.15) is 23.1 Å². The number of aliphatic hydroxyl groups excluding tert-OH is 1. The zero-order valence-electron chi connectivity index (χ0n) is 18.0. The third-order valence-electron chi connectivity index (χ3n) is 5.48. The molecule has 1 amide bonds. The smallest absolute Gasteiger partial charge is 0.300 e. The predicted molar refractivity (Wildman–Crippen MR) is 127 cm³/mol. The molecule has 1 fully saturated rings. The Morgan fingerprint density at radius 2 is 1.65 bits per heavy atom. The summed E-state index contributed by atoms with van der Waals surface area (Å²) in [5, 5.41) is 11.2. The van der Waals surface area contributed by atoms with Crippen molar-refractivity contribution in [2.24, 2.45) is 0 Å². The minimum absolute atomic E-state index is 0.156. The molecule has 0 saturated carbocycles. The highest BCUT2D eigenvalue weighted by Crippen LogP contribution is 2.43. The second-order valence-electron chi connectivity index (χ2n) is 7.39. The summed E-state index contributed by atoms with van der Waals surface area (Å²) in [4.78, 5) is 27.5. The molecule has 4 rings (SSSR count). The van der Waals surface area contributed by atoms with Gasteiger partial charge in [-0.25, -0.2) is 4.39 Å². The SMILES string of the molecule is COc1ccc(C2/C(=C(\O)c3ccc(OC)c(Cl)c3)C(=O)C(=O)N2c2ccc(F)c(Cl)c2)cc1. The molecule has 3 aromatic rings. The number of carbonyl (C=O) groups excluding carboxylic acids is 2. The van der Waals surface area contributed by atoms with Crippen molar-refractivity contribution in [1.29, 1.82) is 0 Å². The van der Waals surface area contributed by atoms with Crippen LogP contribution in [0.25, 0.3) is 5.76 Å². The van der Waals surface area contributed by atoms with Crippen molar-refractivity contribution in [1.82, 2.24) is 0 Å². The number of nitrogens with zero attached hydrogens (tertiary/aromatic N) is 1. The van der Waals surface area contributed by atoms with Gasteiger partial charge < -0.3 is 14.6 Å². The van der Waals surface area contributed by atoms with E-state index in [9.17, 15) is 19.1 Å². The van der Waals surface area contributed by atoms with E-state index in [1.807, 2.05) is 0 Å². The lowest BCUT2D eigenvalue weighted by molar-refractivity contribution is -0.132.